The Kier molecular flexibility index (Phi) is 3.48. The van der Waals surface area contributed by atoms with Crippen molar-refractivity contribution in [1.82, 2.24) is 10.6 Å². The maximum atomic E-state index is 11.9. The number of hydrogen-bond acceptors (Lipinski definition) is 4. The van der Waals surface area contributed by atoms with Crippen LogP contribution in [-0.4, -0.2) is 23.0 Å². The minimum atomic E-state index is -0.936. The zero-order valence-corrected chi connectivity index (χ0v) is 11.3. The van der Waals surface area contributed by atoms with E-state index in [1.807, 2.05) is 0 Å². The van der Waals surface area contributed by atoms with Crippen LogP contribution in [0.3, 0.4) is 0 Å². The molecule has 1 aliphatic heterocycles. The lowest BCUT2D eigenvalue weighted by atomic mass is 9.73. The first-order chi connectivity index (χ1) is 9.29. The molecule has 0 aromatic heterocycles. The van der Waals surface area contributed by atoms with Gasteiger partial charge in [0.1, 0.15) is 11.7 Å². The van der Waals surface area contributed by atoms with E-state index in [1.54, 1.807) is 38.1 Å². The van der Waals surface area contributed by atoms with E-state index in [4.69, 9.17) is 0 Å². The van der Waals surface area contributed by atoms with Crippen molar-refractivity contribution in [2.75, 3.05) is 0 Å². The van der Waals surface area contributed by atoms with Crippen molar-refractivity contribution in [1.29, 1.82) is 0 Å². The third-order valence-electron chi connectivity index (χ3n) is 3.38. The number of carbonyl (C=O) groups is 3. The molecule has 106 valence electrons. The van der Waals surface area contributed by atoms with Crippen LogP contribution in [0.15, 0.2) is 24.3 Å². The number of urea groups is 1. The average Bonchev–Trinajstić information content (AvgIpc) is 2.30. The molecule has 6 nitrogen and oxygen atoms in total. The van der Waals surface area contributed by atoms with Crippen LogP contribution in [0.2, 0.25) is 0 Å². The van der Waals surface area contributed by atoms with E-state index in [9.17, 15) is 19.5 Å². The van der Waals surface area contributed by atoms with Crippen LogP contribution >= 0.6 is 0 Å². The summed E-state index contributed by atoms with van der Waals surface area (Å²) in [6.45, 7) is 3.58. The van der Waals surface area contributed by atoms with Crippen molar-refractivity contribution in [2.24, 2.45) is 11.3 Å². The quantitative estimate of drug-likeness (QED) is 0.716. The first-order valence-corrected chi connectivity index (χ1v) is 6.23. The van der Waals surface area contributed by atoms with Crippen LogP contribution in [0.5, 0.6) is 5.75 Å². The Morgan fingerprint density at radius 1 is 1.05 bits per heavy atom. The van der Waals surface area contributed by atoms with E-state index in [1.165, 1.54) is 0 Å². The smallest absolute Gasteiger partial charge is 0.328 e. The number of amides is 4. The van der Waals surface area contributed by atoms with E-state index in [0.29, 0.717) is 6.42 Å². The van der Waals surface area contributed by atoms with Gasteiger partial charge in [0.05, 0.1) is 0 Å². The average molecular weight is 276 g/mol. The Morgan fingerprint density at radius 3 is 2.05 bits per heavy atom. The van der Waals surface area contributed by atoms with Crippen LogP contribution in [0.4, 0.5) is 4.79 Å². The largest absolute Gasteiger partial charge is 0.508 e. The molecule has 6 heteroatoms. The first-order valence-electron chi connectivity index (χ1n) is 6.23. The number of aromatic hydroxyl groups is 1. The molecular weight excluding hydrogens is 260 g/mol. The van der Waals surface area contributed by atoms with Crippen LogP contribution in [0, 0.1) is 11.3 Å². The molecule has 1 aromatic carbocycles. The van der Waals surface area contributed by atoms with Gasteiger partial charge in [-0.2, -0.15) is 0 Å². The second-order valence-electron chi connectivity index (χ2n) is 5.57. The molecule has 3 N–H and O–H groups in total. The Hall–Kier alpha value is -2.37. The summed E-state index contributed by atoms with van der Waals surface area (Å²) in [6.07, 6.45) is 0.465. The summed E-state index contributed by atoms with van der Waals surface area (Å²) >= 11 is 0. The standard InChI is InChI=1S/C14H16N2O4/c1-14(2,7-8-3-5-9(17)6-4-8)10-11(18)15-13(20)16-12(10)19/h3-6,10,17H,7H2,1-2H3,(H2,15,16,18,19,20). The van der Waals surface area contributed by atoms with Gasteiger partial charge in [0.15, 0.2) is 0 Å². The Balaban J connectivity index is 2.20. The molecule has 1 aromatic rings. The van der Waals surface area contributed by atoms with Gasteiger partial charge in [-0.1, -0.05) is 26.0 Å². The highest BCUT2D eigenvalue weighted by molar-refractivity contribution is 6.16. The summed E-state index contributed by atoms with van der Waals surface area (Å²) in [5, 5.41) is 13.5. The first kappa shape index (κ1) is 14.0. The summed E-state index contributed by atoms with van der Waals surface area (Å²) in [6, 6.07) is 5.80. The van der Waals surface area contributed by atoms with Gasteiger partial charge in [0, 0.05) is 0 Å². The molecule has 0 saturated carbocycles. The summed E-state index contributed by atoms with van der Waals surface area (Å²) in [7, 11) is 0. The Bertz CT molecular complexity index is 543. The van der Waals surface area contributed by atoms with Gasteiger partial charge in [-0.3, -0.25) is 20.2 Å². The highest BCUT2D eigenvalue weighted by Crippen LogP contribution is 2.33. The molecule has 1 fully saturated rings. The molecule has 0 bridgehead atoms. The molecule has 0 radical (unpaired) electrons. The fraction of sp³-hybridized carbons (Fsp3) is 0.357. The van der Waals surface area contributed by atoms with Gasteiger partial charge in [0.25, 0.3) is 0 Å². The lowest BCUT2D eigenvalue weighted by molar-refractivity contribution is -0.140. The monoisotopic (exact) mass is 276 g/mol. The number of phenolic OH excluding ortho intramolecular Hbond substituents is 1. The third-order valence-corrected chi connectivity index (χ3v) is 3.38. The Morgan fingerprint density at radius 2 is 1.55 bits per heavy atom. The van der Waals surface area contributed by atoms with E-state index in [-0.39, 0.29) is 5.75 Å². The summed E-state index contributed by atoms with van der Waals surface area (Å²) in [5.74, 6) is -1.94. The van der Waals surface area contributed by atoms with Gasteiger partial charge >= 0.3 is 6.03 Å². The fourth-order valence-corrected chi connectivity index (χ4v) is 2.47. The van der Waals surface area contributed by atoms with Gasteiger partial charge in [-0.05, 0) is 29.5 Å². The fourth-order valence-electron chi connectivity index (χ4n) is 2.47. The lowest BCUT2D eigenvalue weighted by Gasteiger charge is -2.34. The van der Waals surface area contributed by atoms with Gasteiger partial charge in [-0.25, -0.2) is 4.79 Å². The SMILES string of the molecule is CC(C)(Cc1ccc(O)cc1)C1C(=O)NC(=O)NC1=O. The van der Waals surface area contributed by atoms with Crippen molar-refractivity contribution in [3.8, 4) is 5.75 Å². The van der Waals surface area contributed by atoms with Crippen molar-refractivity contribution >= 4 is 17.8 Å². The van der Waals surface area contributed by atoms with Crippen molar-refractivity contribution in [3.63, 3.8) is 0 Å². The molecule has 2 rings (SSSR count). The summed E-state index contributed by atoms with van der Waals surface area (Å²) in [5.41, 5.74) is 0.233. The molecular formula is C14H16N2O4. The molecule has 1 heterocycles. The Labute approximate surface area is 116 Å². The number of imide groups is 2. The normalized spacial score (nSPS) is 16.8. The molecule has 0 unspecified atom stereocenters. The predicted molar refractivity (Wildman–Crippen MR) is 70.8 cm³/mol. The van der Waals surface area contributed by atoms with Gasteiger partial charge in [0.2, 0.25) is 11.8 Å². The molecule has 0 atom stereocenters. The molecule has 0 aliphatic carbocycles. The van der Waals surface area contributed by atoms with Crippen molar-refractivity contribution in [3.05, 3.63) is 29.8 Å². The number of nitrogens with one attached hydrogen (secondary N) is 2. The van der Waals surface area contributed by atoms with Crippen molar-refractivity contribution in [2.45, 2.75) is 20.3 Å². The molecule has 1 saturated heterocycles. The van der Waals surface area contributed by atoms with E-state index >= 15 is 0 Å². The molecule has 1 aliphatic rings. The topological polar surface area (TPSA) is 95.5 Å². The van der Waals surface area contributed by atoms with E-state index in [0.717, 1.165) is 5.56 Å². The highest BCUT2D eigenvalue weighted by atomic mass is 16.3. The summed E-state index contributed by atoms with van der Waals surface area (Å²) in [4.78, 5) is 34.8. The molecule has 0 spiro atoms. The number of benzene rings is 1. The van der Waals surface area contributed by atoms with Crippen LogP contribution < -0.4 is 10.6 Å². The molecule has 4 amide bonds. The van der Waals surface area contributed by atoms with Crippen LogP contribution in [-0.2, 0) is 16.0 Å². The number of hydrogen-bond donors (Lipinski definition) is 3. The maximum Gasteiger partial charge on any atom is 0.328 e. The van der Waals surface area contributed by atoms with Crippen molar-refractivity contribution < 1.29 is 19.5 Å². The van der Waals surface area contributed by atoms with E-state index in [2.05, 4.69) is 10.6 Å². The summed E-state index contributed by atoms with van der Waals surface area (Å²) < 4.78 is 0. The number of rotatable bonds is 3. The molecule has 20 heavy (non-hydrogen) atoms. The zero-order valence-electron chi connectivity index (χ0n) is 11.3. The highest BCUT2D eigenvalue weighted by Gasteiger charge is 2.44. The second kappa shape index (κ2) is 4.96. The lowest BCUT2D eigenvalue weighted by Crippen LogP contribution is -2.59. The maximum absolute atomic E-state index is 11.9. The van der Waals surface area contributed by atoms with E-state index < -0.39 is 29.2 Å². The van der Waals surface area contributed by atoms with Gasteiger partial charge < -0.3 is 5.11 Å². The van der Waals surface area contributed by atoms with Crippen LogP contribution in [0.25, 0.3) is 0 Å². The second-order valence-corrected chi connectivity index (χ2v) is 5.57. The van der Waals surface area contributed by atoms with Crippen LogP contribution in [0.1, 0.15) is 19.4 Å². The zero-order chi connectivity index (χ0) is 14.9. The number of barbiturate groups is 1. The number of carbonyl (C=O) groups excluding carboxylic acids is 3. The predicted octanol–water partition coefficient (Wildman–Crippen LogP) is 0.943. The third kappa shape index (κ3) is 2.79. The van der Waals surface area contributed by atoms with Gasteiger partial charge in [-0.15, -0.1) is 0 Å². The minimum Gasteiger partial charge on any atom is -0.508 e. The number of phenols is 1. The minimum absolute atomic E-state index is 0.158.